The highest BCUT2D eigenvalue weighted by Crippen LogP contribution is 2.10. The van der Waals surface area contributed by atoms with E-state index in [0.29, 0.717) is 12.8 Å². The molecule has 0 aromatic rings. The van der Waals surface area contributed by atoms with E-state index in [1.54, 1.807) is 0 Å². The van der Waals surface area contributed by atoms with Crippen LogP contribution in [0.25, 0.3) is 0 Å². The van der Waals surface area contributed by atoms with Gasteiger partial charge in [0.1, 0.15) is 13.2 Å². The van der Waals surface area contributed by atoms with Crippen molar-refractivity contribution in [1.82, 2.24) is 0 Å². The SMILES string of the molecule is CCCCCCCCCC(=O)OCCOC(=O)CCCCCCCCC.OCCO. The first kappa shape index (κ1) is 31.0. The van der Waals surface area contributed by atoms with Gasteiger partial charge in [0.2, 0.25) is 0 Å². The third-order valence-electron chi connectivity index (χ3n) is 4.68. The van der Waals surface area contributed by atoms with Gasteiger partial charge >= 0.3 is 11.9 Å². The second-order valence-electron chi connectivity index (χ2n) is 7.63. The zero-order valence-corrected chi connectivity index (χ0v) is 19.7. The lowest BCUT2D eigenvalue weighted by atomic mass is 10.1. The van der Waals surface area contributed by atoms with Crippen molar-refractivity contribution in [2.24, 2.45) is 0 Å². The van der Waals surface area contributed by atoms with Crippen LogP contribution in [-0.4, -0.2) is 48.6 Å². The van der Waals surface area contributed by atoms with Crippen LogP contribution >= 0.6 is 0 Å². The van der Waals surface area contributed by atoms with Crippen LogP contribution in [0, 0.1) is 0 Å². The molecule has 30 heavy (non-hydrogen) atoms. The molecule has 0 saturated heterocycles. The Kier molecular flexibility index (Phi) is 28.8. The predicted molar refractivity (Wildman–Crippen MR) is 121 cm³/mol. The van der Waals surface area contributed by atoms with Crippen molar-refractivity contribution in [3.05, 3.63) is 0 Å². The van der Waals surface area contributed by atoms with Crippen LogP contribution in [0.4, 0.5) is 0 Å². The maximum Gasteiger partial charge on any atom is 0.305 e. The van der Waals surface area contributed by atoms with E-state index in [2.05, 4.69) is 13.8 Å². The fourth-order valence-electron chi connectivity index (χ4n) is 2.91. The van der Waals surface area contributed by atoms with E-state index in [9.17, 15) is 9.59 Å². The fourth-order valence-corrected chi connectivity index (χ4v) is 2.91. The summed E-state index contributed by atoms with van der Waals surface area (Å²) >= 11 is 0. The van der Waals surface area contributed by atoms with E-state index in [1.165, 1.54) is 64.2 Å². The largest absolute Gasteiger partial charge is 0.462 e. The Morgan fingerprint density at radius 1 is 0.533 bits per heavy atom. The van der Waals surface area contributed by atoms with Gasteiger partial charge in [0.25, 0.3) is 0 Å². The molecule has 0 bridgehead atoms. The molecule has 0 heterocycles. The van der Waals surface area contributed by atoms with Gasteiger partial charge in [0.05, 0.1) is 13.2 Å². The lowest BCUT2D eigenvalue weighted by molar-refractivity contribution is -0.152. The zero-order chi connectivity index (χ0) is 22.7. The highest BCUT2D eigenvalue weighted by atomic mass is 16.6. The number of hydrogen-bond donors (Lipinski definition) is 2. The van der Waals surface area contributed by atoms with Crippen LogP contribution < -0.4 is 0 Å². The Morgan fingerprint density at radius 3 is 1.13 bits per heavy atom. The Hall–Kier alpha value is -1.14. The molecule has 0 saturated carbocycles. The first-order chi connectivity index (χ1) is 14.6. The van der Waals surface area contributed by atoms with Crippen LogP contribution in [0.1, 0.15) is 117 Å². The number of aliphatic hydroxyl groups is 2. The number of ether oxygens (including phenoxy) is 2. The molecule has 0 aromatic carbocycles. The third kappa shape index (κ3) is 29.1. The molecule has 0 aromatic heterocycles. The Balaban J connectivity index is 0. The Morgan fingerprint density at radius 2 is 0.833 bits per heavy atom. The fraction of sp³-hybridized carbons (Fsp3) is 0.917. The molecule has 0 rings (SSSR count). The van der Waals surface area contributed by atoms with Crippen LogP contribution in [0.15, 0.2) is 0 Å². The maximum absolute atomic E-state index is 11.6. The summed E-state index contributed by atoms with van der Waals surface area (Å²) in [5.74, 6) is -0.358. The topological polar surface area (TPSA) is 93.1 Å². The number of rotatable bonds is 20. The summed E-state index contributed by atoms with van der Waals surface area (Å²) in [6.07, 6.45) is 17.5. The second-order valence-corrected chi connectivity index (χ2v) is 7.63. The van der Waals surface area contributed by atoms with Crippen molar-refractivity contribution in [3.63, 3.8) is 0 Å². The molecule has 0 unspecified atom stereocenters. The third-order valence-corrected chi connectivity index (χ3v) is 4.68. The van der Waals surface area contributed by atoms with Crippen LogP contribution in [0.5, 0.6) is 0 Å². The minimum Gasteiger partial charge on any atom is -0.462 e. The monoisotopic (exact) mass is 432 g/mol. The number of carbonyl (C=O) groups is 2. The molecule has 0 aliphatic rings. The van der Waals surface area contributed by atoms with Gasteiger partial charge in [0, 0.05) is 12.8 Å². The summed E-state index contributed by atoms with van der Waals surface area (Å²) in [6, 6.07) is 0. The summed E-state index contributed by atoms with van der Waals surface area (Å²) in [5, 5.41) is 15.2. The van der Waals surface area contributed by atoms with Gasteiger partial charge in [-0.25, -0.2) is 0 Å². The van der Waals surface area contributed by atoms with E-state index < -0.39 is 0 Å². The average molecular weight is 433 g/mol. The molecule has 2 N–H and O–H groups in total. The molecule has 0 aliphatic heterocycles. The normalized spacial score (nSPS) is 10.3. The molecule has 0 aliphatic carbocycles. The quantitative estimate of drug-likeness (QED) is 0.200. The van der Waals surface area contributed by atoms with Gasteiger partial charge in [-0.3, -0.25) is 9.59 Å². The van der Waals surface area contributed by atoms with E-state index in [0.717, 1.165) is 25.7 Å². The van der Waals surface area contributed by atoms with Crippen molar-refractivity contribution in [3.8, 4) is 0 Å². The minimum absolute atomic E-state index is 0.125. The van der Waals surface area contributed by atoms with Crippen LogP contribution in [-0.2, 0) is 19.1 Å². The standard InChI is InChI=1S/C22H42O4.C2H6O2/c1-3-5-7-9-11-13-15-17-21(23)25-19-20-26-22(24)18-16-14-12-10-8-6-4-2;3-1-2-4/h3-20H2,1-2H3;3-4H,1-2H2. The zero-order valence-electron chi connectivity index (χ0n) is 19.7. The highest BCUT2D eigenvalue weighted by Gasteiger charge is 2.05. The van der Waals surface area contributed by atoms with Crippen molar-refractivity contribution in [1.29, 1.82) is 0 Å². The van der Waals surface area contributed by atoms with Gasteiger partial charge in [0.15, 0.2) is 0 Å². The minimum atomic E-state index is -0.179. The summed E-state index contributed by atoms with van der Waals surface area (Å²) in [6.45, 7) is 4.53. The van der Waals surface area contributed by atoms with Crippen molar-refractivity contribution >= 4 is 11.9 Å². The Bertz CT molecular complexity index is 326. The van der Waals surface area contributed by atoms with E-state index in [-0.39, 0.29) is 38.4 Å². The smallest absolute Gasteiger partial charge is 0.305 e. The van der Waals surface area contributed by atoms with Gasteiger partial charge in [-0.1, -0.05) is 90.9 Å². The lowest BCUT2D eigenvalue weighted by Crippen LogP contribution is -2.13. The molecule has 0 radical (unpaired) electrons. The van der Waals surface area contributed by atoms with Gasteiger partial charge in [-0.2, -0.15) is 0 Å². The van der Waals surface area contributed by atoms with Crippen LogP contribution in [0.2, 0.25) is 0 Å². The Labute approximate surface area is 184 Å². The average Bonchev–Trinajstić information content (AvgIpc) is 2.75. The number of hydrogen-bond acceptors (Lipinski definition) is 6. The predicted octanol–water partition coefficient (Wildman–Crippen LogP) is 5.33. The van der Waals surface area contributed by atoms with Crippen molar-refractivity contribution in [2.75, 3.05) is 26.4 Å². The summed E-state index contributed by atoms with van der Waals surface area (Å²) < 4.78 is 10.2. The molecule has 6 nitrogen and oxygen atoms in total. The summed E-state index contributed by atoms with van der Waals surface area (Å²) in [7, 11) is 0. The molecule has 0 amide bonds. The van der Waals surface area contributed by atoms with E-state index >= 15 is 0 Å². The van der Waals surface area contributed by atoms with Crippen LogP contribution in [0.3, 0.4) is 0 Å². The number of unbranched alkanes of at least 4 members (excludes halogenated alkanes) is 12. The first-order valence-electron chi connectivity index (χ1n) is 12.1. The maximum atomic E-state index is 11.6. The molecular weight excluding hydrogens is 384 g/mol. The van der Waals surface area contributed by atoms with Gasteiger partial charge in [-0.15, -0.1) is 0 Å². The molecule has 0 atom stereocenters. The second kappa shape index (κ2) is 27.9. The molecule has 0 fully saturated rings. The summed E-state index contributed by atoms with van der Waals surface area (Å²) in [5.41, 5.74) is 0. The number of carbonyl (C=O) groups excluding carboxylic acids is 2. The summed E-state index contributed by atoms with van der Waals surface area (Å²) in [4.78, 5) is 23.2. The van der Waals surface area contributed by atoms with Gasteiger partial charge in [-0.05, 0) is 12.8 Å². The van der Waals surface area contributed by atoms with E-state index in [1.807, 2.05) is 0 Å². The van der Waals surface area contributed by atoms with Crippen molar-refractivity contribution in [2.45, 2.75) is 117 Å². The molecule has 0 spiro atoms. The molecular formula is C24H48O6. The van der Waals surface area contributed by atoms with Crippen molar-refractivity contribution < 1.29 is 29.3 Å². The molecule has 6 heteroatoms. The van der Waals surface area contributed by atoms with E-state index in [4.69, 9.17) is 19.7 Å². The number of aliphatic hydroxyl groups excluding tert-OH is 2. The lowest BCUT2D eigenvalue weighted by Gasteiger charge is -2.07. The molecule has 180 valence electrons. The van der Waals surface area contributed by atoms with Gasteiger partial charge < -0.3 is 19.7 Å². The number of esters is 2. The highest BCUT2D eigenvalue weighted by molar-refractivity contribution is 5.70. The first-order valence-corrected chi connectivity index (χ1v) is 12.1.